The van der Waals surface area contributed by atoms with Gasteiger partial charge in [-0.2, -0.15) is 0 Å². The zero-order valence-electron chi connectivity index (χ0n) is 14.0. The zero-order chi connectivity index (χ0) is 17.2. The number of para-hydroxylation sites is 1. The molecule has 1 aromatic rings. The molecule has 6 nitrogen and oxygen atoms in total. The average Bonchev–Trinajstić information content (AvgIpc) is 2.98. The van der Waals surface area contributed by atoms with Crippen molar-refractivity contribution in [2.24, 2.45) is 5.41 Å². The molecule has 1 atom stereocenters. The summed E-state index contributed by atoms with van der Waals surface area (Å²) in [6, 6.07) is 8.13. The van der Waals surface area contributed by atoms with E-state index in [-0.39, 0.29) is 19.1 Å². The van der Waals surface area contributed by atoms with E-state index in [9.17, 15) is 14.7 Å². The van der Waals surface area contributed by atoms with Gasteiger partial charge in [0.2, 0.25) is 5.91 Å². The lowest BCUT2D eigenvalue weighted by molar-refractivity contribution is -0.158. The van der Waals surface area contributed by atoms with E-state index in [0.29, 0.717) is 25.9 Å². The SMILES string of the molecule is COCC1(C(=O)O)CCCN(C(=O)CN2CCc3ccccc32)C1. The number of aliphatic carboxylic acids is 1. The molecule has 2 aliphatic rings. The molecule has 0 bridgehead atoms. The van der Waals surface area contributed by atoms with Crippen LogP contribution in [0.25, 0.3) is 0 Å². The van der Waals surface area contributed by atoms with E-state index in [1.807, 2.05) is 18.2 Å². The van der Waals surface area contributed by atoms with Crippen LogP contribution in [-0.4, -0.2) is 61.8 Å². The number of carboxylic acid groups (broad SMARTS) is 1. The molecule has 6 heteroatoms. The van der Waals surface area contributed by atoms with Crippen molar-refractivity contribution in [3.63, 3.8) is 0 Å². The molecule has 0 radical (unpaired) electrons. The summed E-state index contributed by atoms with van der Waals surface area (Å²) in [4.78, 5) is 28.2. The minimum absolute atomic E-state index is 0.00636. The average molecular weight is 332 g/mol. The maximum atomic E-state index is 12.7. The lowest BCUT2D eigenvalue weighted by Crippen LogP contribution is -2.53. The molecular formula is C18H24N2O4. The van der Waals surface area contributed by atoms with Gasteiger partial charge < -0.3 is 19.6 Å². The third-order valence-corrected chi connectivity index (χ3v) is 5.11. The Morgan fingerprint density at radius 1 is 1.29 bits per heavy atom. The van der Waals surface area contributed by atoms with Crippen molar-refractivity contribution in [2.45, 2.75) is 19.3 Å². The van der Waals surface area contributed by atoms with Gasteiger partial charge in [-0.05, 0) is 30.9 Å². The van der Waals surface area contributed by atoms with Crippen LogP contribution in [0.15, 0.2) is 24.3 Å². The minimum atomic E-state index is -0.981. The molecule has 0 spiro atoms. The van der Waals surface area contributed by atoms with Crippen LogP contribution in [0.5, 0.6) is 0 Å². The Morgan fingerprint density at radius 3 is 2.83 bits per heavy atom. The fraction of sp³-hybridized carbons (Fsp3) is 0.556. The summed E-state index contributed by atoms with van der Waals surface area (Å²) >= 11 is 0. The fourth-order valence-electron chi connectivity index (χ4n) is 3.81. The molecule has 24 heavy (non-hydrogen) atoms. The van der Waals surface area contributed by atoms with Gasteiger partial charge in [0.25, 0.3) is 0 Å². The van der Waals surface area contributed by atoms with E-state index in [1.165, 1.54) is 12.7 Å². The van der Waals surface area contributed by atoms with E-state index < -0.39 is 11.4 Å². The van der Waals surface area contributed by atoms with Gasteiger partial charge in [-0.15, -0.1) is 0 Å². The molecule has 1 amide bonds. The number of hydrogen-bond donors (Lipinski definition) is 1. The smallest absolute Gasteiger partial charge is 0.313 e. The highest BCUT2D eigenvalue weighted by Crippen LogP contribution is 2.32. The Hall–Kier alpha value is -2.08. The van der Waals surface area contributed by atoms with Crippen molar-refractivity contribution < 1.29 is 19.4 Å². The summed E-state index contributed by atoms with van der Waals surface area (Å²) in [5.41, 5.74) is 1.40. The number of carbonyl (C=O) groups is 2. The molecule has 1 unspecified atom stereocenters. The van der Waals surface area contributed by atoms with Crippen molar-refractivity contribution in [3.05, 3.63) is 29.8 Å². The van der Waals surface area contributed by atoms with E-state index in [1.54, 1.807) is 4.90 Å². The first-order valence-electron chi connectivity index (χ1n) is 8.39. The molecule has 0 aliphatic carbocycles. The first-order chi connectivity index (χ1) is 11.6. The summed E-state index contributed by atoms with van der Waals surface area (Å²) in [7, 11) is 1.51. The van der Waals surface area contributed by atoms with Gasteiger partial charge in [0.1, 0.15) is 5.41 Å². The lowest BCUT2D eigenvalue weighted by Gasteiger charge is -2.40. The number of ether oxygens (including phenoxy) is 1. The van der Waals surface area contributed by atoms with Crippen LogP contribution >= 0.6 is 0 Å². The number of hydrogen-bond acceptors (Lipinski definition) is 4. The number of likely N-dealkylation sites (tertiary alicyclic amines) is 1. The Balaban J connectivity index is 1.68. The molecule has 0 aromatic heterocycles. The Bertz CT molecular complexity index is 629. The summed E-state index contributed by atoms with van der Waals surface area (Å²) < 4.78 is 5.12. The topological polar surface area (TPSA) is 70.1 Å². The van der Waals surface area contributed by atoms with Crippen molar-refractivity contribution >= 4 is 17.6 Å². The number of anilines is 1. The normalized spacial score (nSPS) is 23.2. The minimum Gasteiger partial charge on any atom is -0.481 e. The third-order valence-electron chi connectivity index (χ3n) is 5.11. The zero-order valence-corrected chi connectivity index (χ0v) is 14.0. The molecule has 0 saturated carbocycles. The lowest BCUT2D eigenvalue weighted by atomic mass is 9.80. The number of carbonyl (C=O) groups excluding carboxylic acids is 1. The molecular weight excluding hydrogens is 308 g/mol. The maximum Gasteiger partial charge on any atom is 0.313 e. The van der Waals surface area contributed by atoms with Crippen LogP contribution in [0.1, 0.15) is 18.4 Å². The second-order valence-electron chi connectivity index (χ2n) is 6.74. The molecule has 3 rings (SSSR count). The van der Waals surface area contributed by atoms with Gasteiger partial charge in [-0.3, -0.25) is 9.59 Å². The van der Waals surface area contributed by atoms with Crippen LogP contribution in [-0.2, 0) is 20.7 Å². The number of fused-ring (bicyclic) bond motifs is 1. The maximum absolute atomic E-state index is 12.7. The number of nitrogens with zero attached hydrogens (tertiary/aromatic N) is 2. The van der Waals surface area contributed by atoms with E-state index >= 15 is 0 Å². The molecule has 1 N–H and O–H groups in total. The van der Waals surface area contributed by atoms with Gasteiger partial charge in [0, 0.05) is 32.4 Å². The van der Waals surface area contributed by atoms with Crippen molar-refractivity contribution in [1.82, 2.24) is 4.90 Å². The van der Waals surface area contributed by atoms with Crippen molar-refractivity contribution in [2.75, 3.05) is 44.8 Å². The van der Waals surface area contributed by atoms with E-state index in [0.717, 1.165) is 18.7 Å². The van der Waals surface area contributed by atoms with Gasteiger partial charge in [0.15, 0.2) is 0 Å². The number of carboxylic acids is 1. The molecule has 2 aliphatic heterocycles. The largest absolute Gasteiger partial charge is 0.481 e. The predicted octanol–water partition coefficient (Wildman–Crippen LogP) is 1.39. The number of amides is 1. The Morgan fingerprint density at radius 2 is 2.08 bits per heavy atom. The predicted molar refractivity (Wildman–Crippen MR) is 90.1 cm³/mol. The van der Waals surface area contributed by atoms with Gasteiger partial charge >= 0.3 is 5.97 Å². The molecule has 130 valence electrons. The molecule has 1 saturated heterocycles. The standard InChI is InChI=1S/C18H24N2O4/c1-24-13-18(17(22)23)8-4-9-20(12-18)16(21)11-19-10-7-14-5-2-3-6-15(14)19/h2-3,5-6H,4,7-13H2,1H3,(H,22,23). The monoisotopic (exact) mass is 332 g/mol. The second kappa shape index (κ2) is 6.81. The number of methoxy groups -OCH3 is 1. The van der Waals surface area contributed by atoms with Crippen molar-refractivity contribution in [3.8, 4) is 0 Å². The third kappa shape index (κ3) is 3.11. The highest BCUT2D eigenvalue weighted by Gasteiger charge is 2.44. The molecule has 1 fully saturated rings. The molecule has 2 heterocycles. The van der Waals surface area contributed by atoms with E-state index in [4.69, 9.17) is 4.74 Å². The Labute approximate surface area is 142 Å². The summed E-state index contributed by atoms with van der Waals surface area (Å²) in [5, 5.41) is 9.61. The first-order valence-corrected chi connectivity index (χ1v) is 8.39. The summed E-state index contributed by atoms with van der Waals surface area (Å²) in [6.45, 7) is 2.12. The van der Waals surface area contributed by atoms with Crippen LogP contribution < -0.4 is 4.90 Å². The van der Waals surface area contributed by atoms with Gasteiger partial charge in [0.05, 0.1) is 13.2 Å². The number of rotatable bonds is 5. The van der Waals surface area contributed by atoms with Crippen LogP contribution in [0.3, 0.4) is 0 Å². The molecule has 1 aromatic carbocycles. The fourth-order valence-corrected chi connectivity index (χ4v) is 3.81. The number of benzene rings is 1. The summed E-state index contributed by atoms with van der Waals surface area (Å²) in [6.07, 6.45) is 2.19. The summed E-state index contributed by atoms with van der Waals surface area (Å²) in [5.74, 6) is -0.888. The van der Waals surface area contributed by atoms with E-state index in [2.05, 4.69) is 11.0 Å². The van der Waals surface area contributed by atoms with Crippen LogP contribution in [0.2, 0.25) is 0 Å². The van der Waals surface area contributed by atoms with Gasteiger partial charge in [-0.25, -0.2) is 0 Å². The van der Waals surface area contributed by atoms with Crippen molar-refractivity contribution in [1.29, 1.82) is 0 Å². The quantitative estimate of drug-likeness (QED) is 0.882. The first kappa shape index (κ1) is 16.8. The van der Waals surface area contributed by atoms with Crippen LogP contribution in [0.4, 0.5) is 5.69 Å². The van der Waals surface area contributed by atoms with Crippen LogP contribution in [0, 0.1) is 5.41 Å². The van der Waals surface area contributed by atoms with Gasteiger partial charge in [-0.1, -0.05) is 18.2 Å². The number of piperidine rings is 1. The second-order valence-corrected chi connectivity index (χ2v) is 6.74. The highest BCUT2D eigenvalue weighted by atomic mass is 16.5. The highest BCUT2D eigenvalue weighted by molar-refractivity contribution is 5.84. The Kier molecular flexibility index (Phi) is 4.76.